The monoisotopic (exact) mass is 986 g/mol. The third-order valence-electron chi connectivity index (χ3n) is 12.9. The minimum atomic E-state index is -0.999. The standard InChI is InChI=1S/C62H66O11/c1-63-61-59(69-42-51-33-19-7-20-34-51)57(67-40-49-29-15-5-16-30-49)56(66-39-48-27-13-4-14-28-48)54(72-61)45-71-62-60(70-43-52-35-21-8-22-36-52)58(68-41-50-31-17-6-18-32-50)55(65-38-47-25-11-3-12-26-47)53(73-62)44-64-37-46-23-9-2-10-24-46/h2-36,53-62H,37-45H2,1H3/t53-,54-,55-,56-,57+,58+,59-,60+,61+,62?/m1/s1. The van der Waals surface area contributed by atoms with Crippen LogP contribution in [0.3, 0.4) is 0 Å². The molecule has 11 heteroatoms. The van der Waals surface area contributed by atoms with Crippen LogP contribution in [0.25, 0.3) is 0 Å². The van der Waals surface area contributed by atoms with E-state index in [1.165, 1.54) is 0 Å². The predicted octanol–water partition coefficient (Wildman–Crippen LogP) is 10.8. The maximum atomic E-state index is 7.10. The van der Waals surface area contributed by atoms with Crippen LogP contribution < -0.4 is 0 Å². The fourth-order valence-electron chi connectivity index (χ4n) is 9.14. The van der Waals surface area contributed by atoms with Crippen molar-refractivity contribution >= 4 is 0 Å². The van der Waals surface area contributed by atoms with Crippen LogP contribution in [0.2, 0.25) is 0 Å². The minimum absolute atomic E-state index is 0.00960. The van der Waals surface area contributed by atoms with Gasteiger partial charge in [0.15, 0.2) is 12.6 Å². The molecule has 0 aromatic heterocycles. The first-order valence-corrected chi connectivity index (χ1v) is 25.2. The summed E-state index contributed by atoms with van der Waals surface area (Å²) in [5.41, 5.74) is 7.00. The van der Waals surface area contributed by atoms with Crippen LogP contribution in [0.5, 0.6) is 0 Å². The summed E-state index contributed by atoms with van der Waals surface area (Å²) in [7, 11) is 1.61. The van der Waals surface area contributed by atoms with Gasteiger partial charge < -0.3 is 52.1 Å². The van der Waals surface area contributed by atoms with E-state index in [-0.39, 0.29) is 33.0 Å². The summed E-state index contributed by atoms with van der Waals surface area (Å²) < 4.78 is 75.2. The summed E-state index contributed by atoms with van der Waals surface area (Å²) in [6, 6.07) is 70.4. The van der Waals surface area contributed by atoms with Gasteiger partial charge in [-0.15, -0.1) is 0 Å². The van der Waals surface area contributed by atoms with Crippen LogP contribution in [0.4, 0.5) is 0 Å². The molecule has 0 radical (unpaired) electrons. The van der Waals surface area contributed by atoms with Gasteiger partial charge in [0.1, 0.15) is 48.8 Å². The molecule has 0 amide bonds. The topological polar surface area (TPSA) is 102 Å². The molecule has 73 heavy (non-hydrogen) atoms. The lowest BCUT2D eigenvalue weighted by Gasteiger charge is -2.48. The fraction of sp³-hybridized carbons (Fsp3) is 0.323. The maximum absolute atomic E-state index is 7.10. The van der Waals surface area contributed by atoms with E-state index >= 15 is 0 Å². The first-order valence-electron chi connectivity index (χ1n) is 25.2. The van der Waals surface area contributed by atoms with E-state index in [4.69, 9.17) is 52.1 Å². The molecule has 2 aliphatic rings. The molecule has 2 saturated heterocycles. The van der Waals surface area contributed by atoms with Crippen LogP contribution >= 0.6 is 0 Å². The molecule has 0 bridgehead atoms. The Balaban J connectivity index is 1.05. The van der Waals surface area contributed by atoms with E-state index in [1.54, 1.807) is 7.11 Å². The summed E-state index contributed by atoms with van der Waals surface area (Å²) in [6.45, 7) is 2.25. The Morgan fingerprint density at radius 3 is 0.863 bits per heavy atom. The van der Waals surface area contributed by atoms with Gasteiger partial charge >= 0.3 is 0 Å². The predicted molar refractivity (Wildman–Crippen MR) is 276 cm³/mol. The van der Waals surface area contributed by atoms with Gasteiger partial charge in [-0.1, -0.05) is 212 Å². The van der Waals surface area contributed by atoms with E-state index in [0.29, 0.717) is 26.4 Å². The second-order valence-corrected chi connectivity index (χ2v) is 18.2. The number of benzene rings is 7. The number of ether oxygens (including phenoxy) is 11. The molecule has 0 aliphatic carbocycles. The molecule has 380 valence electrons. The number of hydrogen-bond acceptors (Lipinski definition) is 11. The minimum Gasteiger partial charge on any atom is -0.374 e. The molecule has 2 fully saturated rings. The van der Waals surface area contributed by atoms with Gasteiger partial charge in [-0.05, 0) is 38.9 Å². The summed E-state index contributed by atoms with van der Waals surface area (Å²) in [4.78, 5) is 0. The van der Waals surface area contributed by atoms with E-state index in [1.807, 2.05) is 212 Å². The lowest BCUT2D eigenvalue weighted by atomic mass is 9.96. The highest BCUT2D eigenvalue weighted by Gasteiger charge is 2.52. The molecule has 0 spiro atoms. The fourth-order valence-corrected chi connectivity index (χ4v) is 9.14. The van der Waals surface area contributed by atoms with Gasteiger partial charge in [0, 0.05) is 7.11 Å². The molecule has 7 aromatic carbocycles. The van der Waals surface area contributed by atoms with Gasteiger partial charge in [-0.3, -0.25) is 0 Å². The molecule has 9 rings (SSSR count). The van der Waals surface area contributed by atoms with Crippen molar-refractivity contribution < 1.29 is 52.1 Å². The highest BCUT2D eigenvalue weighted by atomic mass is 16.7. The van der Waals surface area contributed by atoms with E-state index in [0.717, 1.165) is 38.9 Å². The molecule has 0 saturated carbocycles. The van der Waals surface area contributed by atoms with Gasteiger partial charge in [-0.25, -0.2) is 0 Å². The van der Waals surface area contributed by atoms with Crippen molar-refractivity contribution in [1.82, 2.24) is 0 Å². The smallest absolute Gasteiger partial charge is 0.187 e. The quantitative estimate of drug-likeness (QED) is 0.0518. The molecule has 0 N–H and O–H groups in total. The summed E-state index contributed by atoms with van der Waals surface area (Å²) >= 11 is 0. The molecule has 7 aromatic rings. The van der Waals surface area contributed by atoms with Crippen molar-refractivity contribution in [3.05, 3.63) is 251 Å². The number of rotatable bonds is 26. The van der Waals surface area contributed by atoms with Crippen molar-refractivity contribution in [2.45, 2.75) is 108 Å². The molecule has 10 atom stereocenters. The maximum Gasteiger partial charge on any atom is 0.187 e. The average Bonchev–Trinajstić information content (AvgIpc) is 3.45. The second kappa shape index (κ2) is 28.0. The van der Waals surface area contributed by atoms with Crippen molar-refractivity contribution in [1.29, 1.82) is 0 Å². The van der Waals surface area contributed by atoms with Crippen molar-refractivity contribution in [2.24, 2.45) is 0 Å². The summed E-state index contributed by atoms with van der Waals surface area (Å²) in [5.74, 6) is 0. The lowest BCUT2D eigenvalue weighted by Crippen LogP contribution is -2.64. The molecule has 11 nitrogen and oxygen atoms in total. The van der Waals surface area contributed by atoms with Crippen LogP contribution in [-0.2, 0) is 98.4 Å². The van der Waals surface area contributed by atoms with Gasteiger partial charge in [0.2, 0.25) is 0 Å². The SMILES string of the molecule is CO[C@H]1O[C@H](COC2O[C@H](COCc3ccccc3)[C@@H](OCc3ccccc3)[C@H](OCc3ccccc3)[C@@H]2OCc2ccccc2)[C@@H](OCc2ccccc2)[C@H](OCc2ccccc2)[C@H]1OCc1ccccc1. The average molecular weight is 987 g/mol. The normalized spacial score (nSPS) is 24.0. The van der Waals surface area contributed by atoms with Gasteiger partial charge in [-0.2, -0.15) is 0 Å². The third kappa shape index (κ3) is 15.3. The Bertz CT molecular complexity index is 2560. The van der Waals surface area contributed by atoms with Crippen molar-refractivity contribution in [3.63, 3.8) is 0 Å². The van der Waals surface area contributed by atoms with E-state index in [2.05, 4.69) is 0 Å². The second-order valence-electron chi connectivity index (χ2n) is 18.2. The largest absolute Gasteiger partial charge is 0.374 e. The molecular formula is C62H66O11. The molecule has 1 unspecified atom stereocenters. The van der Waals surface area contributed by atoms with E-state index in [9.17, 15) is 0 Å². The van der Waals surface area contributed by atoms with Crippen LogP contribution in [0, 0.1) is 0 Å². The molecular weight excluding hydrogens is 921 g/mol. The Morgan fingerprint density at radius 1 is 0.274 bits per heavy atom. The molecule has 2 heterocycles. The zero-order valence-electron chi connectivity index (χ0n) is 41.3. The zero-order chi connectivity index (χ0) is 49.7. The first-order chi connectivity index (χ1) is 36.2. The highest BCUT2D eigenvalue weighted by molar-refractivity contribution is 5.19. The number of methoxy groups -OCH3 is 1. The lowest BCUT2D eigenvalue weighted by molar-refractivity contribution is -0.351. The number of hydrogen-bond donors (Lipinski definition) is 0. The third-order valence-corrected chi connectivity index (χ3v) is 12.9. The van der Waals surface area contributed by atoms with Gasteiger partial charge in [0.25, 0.3) is 0 Å². The Kier molecular flexibility index (Phi) is 19.9. The Hall–Kier alpha value is -5.90. The van der Waals surface area contributed by atoms with Crippen molar-refractivity contribution in [2.75, 3.05) is 20.3 Å². The highest BCUT2D eigenvalue weighted by Crippen LogP contribution is 2.35. The Morgan fingerprint density at radius 2 is 0.534 bits per heavy atom. The summed E-state index contributed by atoms with van der Waals surface area (Å²) in [6.07, 6.45) is -7.47. The van der Waals surface area contributed by atoms with Crippen molar-refractivity contribution in [3.8, 4) is 0 Å². The first kappa shape index (κ1) is 52.0. The van der Waals surface area contributed by atoms with Gasteiger partial charge in [0.05, 0.1) is 59.5 Å². The van der Waals surface area contributed by atoms with Crippen LogP contribution in [-0.4, -0.2) is 81.7 Å². The molecule has 2 aliphatic heterocycles. The van der Waals surface area contributed by atoms with Crippen LogP contribution in [0.1, 0.15) is 38.9 Å². The zero-order valence-corrected chi connectivity index (χ0v) is 41.3. The van der Waals surface area contributed by atoms with E-state index < -0.39 is 61.4 Å². The van der Waals surface area contributed by atoms with Crippen LogP contribution in [0.15, 0.2) is 212 Å². The summed E-state index contributed by atoms with van der Waals surface area (Å²) in [5, 5.41) is 0. The Labute approximate surface area is 429 Å².